The maximum Gasteiger partial charge on any atom is 0.224 e. The lowest BCUT2D eigenvalue weighted by atomic mass is 10.1. The summed E-state index contributed by atoms with van der Waals surface area (Å²) in [6, 6.07) is 2.89. The molecule has 22 heavy (non-hydrogen) atoms. The second-order valence-corrected chi connectivity index (χ2v) is 6.00. The molecule has 6 heteroatoms. The average molecular weight is 302 g/mol. The quantitative estimate of drug-likeness (QED) is 0.805. The smallest absolute Gasteiger partial charge is 0.224 e. The summed E-state index contributed by atoms with van der Waals surface area (Å²) in [5.74, 6) is 1.25. The van der Waals surface area contributed by atoms with Crippen LogP contribution in [-0.2, 0) is 0 Å². The summed E-state index contributed by atoms with van der Waals surface area (Å²) < 4.78 is 0. The first-order chi connectivity index (χ1) is 10.7. The van der Waals surface area contributed by atoms with E-state index in [2.05, 4.69) is 52.5 Å². The van der Waals surface area contributed by atoms with Crippen molar-refractivity contribution in [3.05, 3.63) is 11.8 Å². The van der Waals surface area contributed by atoms with Crippen LogP contribution in [0.25, 0.3) is 0 Å². The first-order valence-corrected chi connectivity index (χ1v) is 8.15. The Kier molecular flexibility index (Phi) is 5.96. The third-order valence-electron chi connectivity index (χ3n) is 4.10. The van der Waals surface area contributed by atoms with Crippen LogP contribution in [0.1, 0.15) is 45.1 Å². The van der Waals surface area contributed by atoms with E-state index in [1.165, 1.54) is 0 Å². The molecule has 1 aromatic rings. The molecule has 0 saturated carbocycles. The van der Waals surface area contributed by atoms with Gasteiger partial charge in [-0.2, -0.15) is 10.2 Å². The minimum absolute atomic E-state index is 0.345. The number of hydrogen-bond acceptors (Lipinski definition) is 6. The van der Waals surface area contributed by atoms with Crippen molar-refractivity contribution in [1.82, 2.24) is 14.9 Å². The van der Waals surface area contributed by atoms with Gasteiger partial charge >= 0.3 is 0 Å². The van der Waals surface area contributed by atoms with E-state index in [1.807, 2.05) is 0 Å². The van der Waals surface area contributed by atoms with Gasteiger partial charge in [0.15, 0.2) is 0 Å². The lowest BCUT2D eigenvalue weighted by Gasteiger charge is -2.18. The van der Waals surface area contributed by atoms with Gasteiger partial charge in [0.1, 0.15) is 17.5 Å². The monoisotopic (exact) mass is 302 g/mol. The second kappa shape index (κ2) is 7.95. The van der Waals surface area contributed by atoms with E-state index in [1.54, 1.807) is 6.20 Å². The Hall–Kier alpha value is -1.87. The number of nitrogens with one attached hydrogen (secondary N) is 2. The topological polar surface area (TPSA) is 76.9 Å². The number of likely N-dealkylation sites (N-methyl/N-ethyl adjacent to an activating group) is 1. The molecule has 0 aliphatic carbocycles. The molecule has 1 unspecified atom stereocenters. The van der Waals surface area contributed by atoms with Gasteiger partial charge < -0.3 is 15.5 Å². The average Bonchev–Trinajstić information content (AvgIpc) is 2.92. The van der Waals surface area contributed by atoms with E-state index in [9.17, 15) is 5.26 Å². The number of aromatic nitrogens is 2. The zero-order chi connectivity index (χ0) is 15.9. The van der Waals surface area contributed by atoms with Crippen LogP contribution in [-0.4, -0.2) is 47.1 Å². The highest BCUT2D eigenvalue weighted by atomic mass is 15.2. The van der Waals surface area contributed by atoms with Crippen molar-refractivity contribution in [3.63, 3.8) is 0 Å². The van der Waals surface area contributed by atoms with Crippen LogP contribution >= 0.6 is 0 Å². The minimum Gasteiger partial charge on any atom is -0.365 e. The molecule has 1 saturated heterocycles. The number of hydrogen-bond donors (Lipinski definition) is 2. The van der Waals surface area contributed by atoms with Gasteiger partial charge in [0.25, 0.3) is 0 Å². The molecular formula is C16H26N6. The molecule has 2 heterocycles. The largest absolute Gasteiger partial charge is 0.365 e. The van der Waals surface area contributed by atoms with Gasteiger partial charge in [0.2, 0.25) is 5.95 Å². The van der Waals surface area contributed by atoms with Crippen LogP contribution < -0.4 is 10.6 Å². The van der Waals surface area contributed by atoms with E-state index in [0.717, 1.165) is 38.8 Å². The van der Waals surface area contributed by atoms with Gasteiger partial charge in [0, 0.05) is 18.6 Å². The summed E-state index contributed by atoms with van der Waals surface area (Å²) in [5, 5.41) is 16.0. The Morgan fingerprint density at radius 3 is 2.91 bits per heavy atom. The molecule has 120 valence electrons. The van der Waals surface area contributed by atoms with Crippen LogP contribution in [0.3, 0.4) is 0 Å². The van der Waals surface area contributed by atoms with Crippen molar-refractivity contribution >= 4 is 11.8 Å². The van der Waals surface area contributed by atoms with Crippen molar-refractivity contribution < 1.29 is 0 Å². The molecule has 0 spiro atoms. The molecule has 0 radical (unpaired) electrons. The summed E-state index contributed by atoms with van der Waals surface area (Å²) >= 11 is 0. The molecule has 1 aliphatic heterocycles. The molecule has 2 rings (SSSR count). The molecule has 1 aliphatic rings. The van der Waals surface area contributed by atoms with E-state index < -0.39 is 0 Å². The van der Waals surface area contributed by atoms with Crippen molar-refractivity contribution in [2.24, 2.45) is 0 Å². The molecule has 0 amide bonds. The van der Waals surface area contributed by atoms with Crippen LogP contribution in [0.4, 0.5) is 11.8 Å². The summed E-state index contributed by atoms with van der Waals surface area (Å²) in [6.45, 7) is 6.38. The molecule has 2 atom stereocenters. The van der Waals surface area contributed by atoms with Gasteiger partial charge in [-0.15, -0.1) is 0 Å². The van der Waals surface area contributed by atoms with E-state index in [-0.39, 0.29) is 0 Å². The van der Waals surface area contributed by atoms with Gasteiger partial charge in [-0.1, -0.05) is 20.3 Å². The highest BCUT2D eigenvalue weighted by Crippen LogP contribution is 2.19. The lowest BCUT2D eigenvalue weighted by molar-refractivity contribution is 0.414. The molecular weight excluding hydrogens is 276 g/mol. The van der Waals surface area contributed by atoms with E-state index >= 15 is 0 Å². The standard InChI is InChI=1S/C16H26N6/c1-4-6-13(5-2)20-16-18-10-12(9-17)15(21-16)19-14-7-8-22(3)11-14/h10,13-14H,4-8,11H2,1-3H3,(H2,18,19,20,21)/t13-,14?/m0/s1. The predicted octanol–water partition coefficient (Wildman–Crippen LogP) is 2.45. The SMILES string of the molecule is CCC[C@H](CC)Nc1ncc(C#N)c(NC2CCN(C)C2)n1. The number of rotatable bonds is 7. The van der Waals surface area contributed by atoms with Crippen molar-refractivity contribution in [1.29, 1.82) is 5.26 Å². The Labute approximate surface area is 132 Å². The Morgan fingerprint density at radius 2 is 2.32 bits per heavy atom. The molecule has 1 fully saturated rings. The summed E-state index contributed by atoms with van der Waals surface area (Å²) in [4.78, 5) is 11.1. The van der Waals surface area contributed by atoms with Gasteiger partial charge in [-0.05, 0) is 32.9 Å². The first-order valence-electron chi connectivity index (χ1n) is 8.15. The maximum atomic E-state index is 9.25. The normalized spacial score (nSPS) is 19.6. The molecule has 6 nitrogen and oxygen atoms in total. The van der Waals surface area contributed by atoms with Crippen LogP contribution in [0.15, 0.2) is 6.20 Å². The van der Waals surface area contributed by atoms with Crippen LogP contribution in [0.5, 0.6) is 0 Å². The molecule has 0 bridgehead atoms. The Morgan fingerprint density at radius 1 is 1.50 bits per heavy atom. The fraction of sp³-hybridized carbons (Fsp3) is 0.688. The zero-order valence-corrected chi connectivity index (χ0v) is 13.8. The Balaban J connectivity index is 2.10. The number of nitrogens with zero attached hydrogens (tertiary/aromatic N) is 4. The fourth-order valence-corrected chi connectivity index (χ4v) is 2.80. The van der Waals surface area contributed by atoms with Gasteiger partial charge in [-0.25, -0.2) is 4.98 Å². The van der Waals surface area contributed by atoms with Crippen molar-refractivity contribution in [2.45, 2.75) is 51.6 Å². The predicted molar refractivity (Wildman–Crippen MR) is 88.9 cm³/mol. The second-order valence-electron chi connectivity index (χ2n) is 6.00. The van der Waals surface area contributed by atoms with Crippen molar-refractivity contribution in [3.8, 4) is 6.07 Å². The summed E-state index contributed by atoms with van der Waals surface area (Å²) in [6.07, 6.45) is 5.93. The van der Waals surface area contributed by atoms with Gasteiger partial charge in [-0.3, -0.25) is 0 Å². The van der Waals surface area contributed by atoms with Crippen molar-refractivity contribution in [2.75, 3.05) is 30.8 Å². The van der Waals surface area contributed by atoms with Crippen LogP contribution in [0, 0.1) is 11.3 Å². The van der Waals surface area contributed by atoms with Gasteiger partial charge in [0.05, 0.1) is 6.20 Å². The van der Waals surface area contributed by atoms with E-state index in [0.29, 0.717) is 29.4 Å². The van der Waals surface area contributed by atoms with Crippen LogP contribution in [0.2, 0.25) is 0 Å². The molecule has 0 aromatic carbocycles. The third-order valence-corrected chi connectivity index (χ3v) is 4.10. The number of nitriles is 1. The highest BCUT2D eigenvalue weighted by Gasteiger charge is 2.21. The van der Waals surface area contributed by atoms with E-state index in [4.69, 9.17) is 0 Å². The fourth-order valence-electron chi connectivity index (χ4n) is 2.80. The number of likely N-dealkylation sites (tertiary alicyclic amines) is 1. The third kappa shape index (κ3) is 4.31. The summed E-state index contributed by atoms with van der Waals surface area (Å²) in [5.41, 5.74) is 0.503. The zero-order valence-electron chi connectivity index (χ0n) is 13.8. The maximum absolute atomic E-state index is 9.25. The molecule has 2 N–H and O–H groups in total. The lowest BCUT2D eigenvalue weighted by Crippen LogP contribution is -2.25. The molecule has 1 aromatic heterocycles. The minimum atomic E-state index is 0.345. The number of anilines is 2. The summed E-state index contributed by atoms with van der Waals surface area (Å²) in [7, 11) is 2.11. The highest BCUT2D eigenvalue weighted by molar-refractivity contribution is 5.54. The Bertz CT molecular complexity index is 524. The first kappa shape index (κ1) is 16.5.